The Balaban J connectivity index is 1.49. The lowest BCUT2D eigenvalue weighted by atomic mass is 9.87. The van der Waals surface area contributed by atoms with Crippen LogP contribution in [0, 0.1) is 0 Å². The summed E-state index contributed by atoms with van der Waals surface area (Å²) < 4.78 is 0. The van der Waals surface area contributed by atoms with Crippen molar-refractivity contribution in [3.8, 4) is 0 Å². The third-order valence-electron chi connectivity index (χ3n) is 6.06. The van der Waals surface area contributed by atoms with Crippen molar-refractivity contribution in [3.63, 3.8) is 0 Å². The zero-order valence-electron chi connectivity index (χ0n) is 18.2. The quantitative estimate of drug-likeness (QED) is 0.496. The number of amides is 1. The summed E-state index contributed by atoms with van der Waals surface area (Å²) >= 11 is 1.92. The molecule has 0 unspecified atom stereocenters. The van der Waals surface area contributed by atoms with Crippen molar-refractivity contribution < 1.29 is 4.79 Å². The highest BCUT2D eigenvalue weighted by molar-refractivity contribution is 8.00. The fourth-order valence-electron chi connectivity index (χ4n) is 4.28. The van der Waals surface area contributed by atoms with Gasteiger partial charge in [-0.1, -0.05) is 82.1 Å². The number of benzene rings is 3. The predicted octanol–water partition coefficient (Wildman–Crippen LogP) is 6.97. The van der Waals surface area contributed by atoms with Crippen LogP contribution in [0.3, 0.4) is 0 Å². The summed E-state index contributed by atoms with van der Waals surface area (Å²) in [5.74, 6) is 0.0485. The van der Waals surface area contributed by atoms with Gasteiger partial charge >= 0.3 is 0 Å². The highest BCUT2D eigenvalue weighted by atomic mass is 32.2. The Labute approximate surface area is 184 Å². The van der Waals surface area contributed by atoms with Crippen LogP contribution in [0.4, 0.5) is 0 Å². The van der Waals surface area contributed by atoms with Gasteiger partial charge in [0.25, 0.3) is 5.91 Å². The molecule has 0 radical (unpaired) electrons. The van der Waals surface area contributed by atoms with Gasteiger partial charge < -0.3 is 5.32 Å². The van der Waals surface area contributed by atoms with Crippen molar-refractivity contribution in [3.05, 3.63) is 77.9 Å². The average molecular weight is 418 g/mol. The maximum absolute atomic E-state index is 13.2. The molecule has 1 saturated carbocycles. The highest BCUT2D eigenvalue weighted by Gasteiger charge is 2.28. The summed E-state index contributed by atoms with van der Waals surface area (Å²) in [7, 11) is 0. The van der Waals surface area contributed by atoms with Gasteiger partial charge in [0.1, 0.15) is 0 Å². The first-order valence-electron chi connectivity index (χ1n) is 11.0. The maximum atomic E-state index is 13.2. The molecule has 156 valence electrons. The molecule has 3 aromatic rings. The van der Waals surface area contributed by atoms with E-state index in [2.05, 4.69) is 62.5 Å². The molecule has 0 spiro atoms. The van der Waals surface area contributed by atoms with E-state index in [4.69, 9.17) is 0 Å². The van der Waals surface area contributed by atoms with Gasteiger partial charge in [-0.2, -0.15) is 0 Å². The van der Waals surface area contributed by atoms with Crippen LogP contribution in [0.5, 0.6) is 0 Å². The summed E-state index contributed by atoms with van der Waals surface area (Å²) in [5, 5.41) is 5.92. The van der Waals surface area contributed by atoms with Gasteiger partial charge in [0.05, 0.1) is 0 Å². The average Bonchev–Trinajstić information content (AvgIpc) is 2.74. The molecule has 0 aliphatic heterocycles. The smallest absolute Gasteiger partial charge is 0.252 e. The fourth-order valence-corrected chi connectivity index (χ4v) is 5.58. The van der Waals surface area contributed by atoms with E-state index < -0.39 is 0 Å². The van der Waals surface area contributed by atoms with Gasteiger partial charge in [0.15, 0.2) is 0 Å². The minimum Gasteiger partial charge on any atom is -0.348 e. The summed E-state index contributed by atoms with van der Waals surface area (Å²) in [6, 6.07) is 23.3. The lowest BCUT2D eigenvalue weighted by Crippen LogP contribution is -2.43. The number of rotatable bonds is 4. The number of carbonyl (C=O) groups excluding carboxylic acids is 1. The Morgan fingerprint density at radius 3 is 2.37 bits per heavy atom. The Morgan fingerprint density at radius 2 is 1.60 bits per heavy atom. The van der Waals surface area contributed by atoms with Crippen molar-refractivity contribution in [2.24, 2.45) is 0 Å². The van der Waals surface area contributed by atoms with Gasteiger partial charge in [-0.05, 0) is 52.8 Å². The molecule has 2 atom stereocenters. The third kappa shape index (κ3) is 4.73. The van der Waals surface area contributed by atoms with E-state index in [0.717, 1.165) is 29.2 Å². The SMILES string of the molecule is CC(C)(C)c1ccc(S[C@@H]2CCCC[C@H]2NC(=O)c2cccc3ccccc23)cc1. The van der Waals surface area contributed by atoms with Gasteiger partial charge in [-0.25, -0.2) is 0 Å². The van der Waals surface area contributed by atoms with Crippen molar-refractivity contribution in [2.45, 2.75) is 68.1 Å². The molecule has 1 aliphatic rings. The summed E-state index contributed by atoms with van der Waals surface area (Å²) in [4.78, 5) is 14.5. The number of hydrogen-bond acceptors (Lipinski definition) is 2. The molecule has 3 aromatic carbocycles. The first kappa shape index (κ1) is 21.0. The van der Waals surface area contributed by atoms with Crippen LogP contribution in [-0.4, -0.2) is 17.2 Å². The van der Waals surface area contributed by atoms with Crippen LogP contribution in [0.25, 0.3) is 10.8 Å². The monoisotopic (exact) mass is 417 g/mol. The second kappa shape index (κ2) is 8.85. The van der Waals surface area contributed by atoms with E-state index in [1.807, 2.05) is 42.1 Å². The molecule has 0 heterocycles. The number of hydrogen-bond donors (Lipinski definition) is 1. The molecule has 1 fully saturated rings. The second-order valence-electron chi connectivity index (χ2n) is 9.32. The third-order valence-corrected chi connectivity index (χ3v) is 7.47. The molecular formula is C27H31NOS. The zero-order valence-corrected chi connectivity index (χ0v) is 19.0. The van der Waals surface area contributed by atoms with Gasteiger partial charge in [-0.15, -0.1) is 11.8 Å². The number of thioether (sulfide) groups is 1. The van der Waals surface area contributed by atoms with Gasteiger partial charge in [-0.3, -0.25) is 4.79 Å². The Kier molecular flexibility index (Phi) is 6.19. The number of nitrogens with one attached hydrogen (secondary N) is 1. The van der Waals surface area contributed by atoms with E-state index in [9.17, 15) is 4.79 Å². The van der Waals surface area contributed by atoms with Crippen LogP contribution >= 0.6 is 11.8 Å². The minimum absolute atomic E-state index is 0.0485. The standard InChI is InChI=1S/C27H31NOS/c1-27(2,3)20-15-17-21(18-16-20)30-25-14-7-6-13-24(25)28-26(29)23-12-8-10-19-9-4-5-11-22(19)23/h4-5,8-12,15-18,24-25H,6-7,13-14H2,1-3H3,(H,28,29)/t24-,25-/m1/s1. The normalized spacial score (nSPS) is 19.6. The molecule has 0 saturated heterocycles. The van der Waals surface area contributed by atoms with Crippen LogP contribution in [0.15, 0.2) is 71.6 Å². The van der Waals surface area contributed by atoms with E-state index in [1.54, 1.807) is 0 Å². The Morgan fingerprint density at radius 1 is 0.900 bits per heavy atom. The predicted molar refractivity (Wildman–Crippen MR) is 128 cm³/mol. The maximum Gasteiger partial charge on any atom is 0.252 e. The lowest BCUT2D eigenvalue weighted by molar-refractivity contribution is 0.0931. The zero-order chi connectivity index (χ0) is 21.1. The van der Waals surface area contributed by atoms with E-state index in [0.29, 0.717) is 5.25 Å². The topological polar surface area (TPSA) is 29.1 Å². The summed E-state index contributed by atoms with van der Waals surface area (Å²) in [6.45, 7) is 6.74. The van der Waals surface area contributed by atoms with Gasteiger partial charge in [0.2, 0.25) is 0 Å². The molecule has 2 nitrogen and oxygen atoms in total. The fraction of sp³-hybridized carbons (Fsp3) is 0.370. The van der Waals surface area contributed by atoms with Crippen LogP contribution in [-0.2, 0) is 5.41 Å². The van der Waals surface area contributed by atoms with Crippen LogP contribution < -0.4 is 5.32 Å². The molecule has 4 rings (SSSR count). The first-order valence-corrected chi connectivity index (χ1v) is 11.9. The van der Waals surface area contributed by atoms with Crippen LogP contribution in [0.1, 0.15) is 62.4 Å². The van der Waals surface area contributed by atoms with Gasteiger partial charge in [0, 0.05) is 21.8 Å². The van der Waals surface area contributed by atoms with E-state index in [1.165, 1.54) is 23.3 Å². The molecule has 1 N–H and O–H groups in total. The molecule has 1 aliphatic carbocycles. The van der Waals surface area contributed by atoms with Crippen LogP contribution in [0.2, 0.25) is 0 Å². The molecular weight excluding hydrogens is 386 g/mol. The molecule has 1 amide bonds. The Hall–Kier alpha value is -2.26. The molecule has 0 bridgehead atoms. The lowest BCUT2D eigenvalue weighted by Gasteiger charge is -2.32. The summed E-state index contributed by atoms with van der Waals surface area (Å²) in [5.41, 5.74) is 2.30. The number of carbonyl (C=O) groups is 1. The Bertz CT molecular complexity index is 1010. The molecule has 3 heteroatoms. The molecule has 0 aromatic heterocycles. The van der Waals surface area contributed by atoms with Crippen molar-refractivity contribution in [1.82, 2.24) is 5.32 Å². The summed E-state index contributed by atoms with van der Waals surface area (Å²) in [6.07, 6.45) is 4.61. The minimum atomic E-state index is 0.0485. The van der Waals surface area contributed by atoms with Crippen molar-refractivity contribution >= 4 is 28.4 Å². The van der Waals surface area contributed by atoms with E-state index >= 15 is 0 Å². The first-order chi connectivity index (χ1) is 14.4. The number of fused-ring (bicyclic) bond motifs is 1. The van der Waals surface area contributed by atoms with Crippen molar-refractivity contribution in [1.29, 1.82) is 0 Å². The van der Waals surface area contributed by atoms with E-state index in [-0.39, 0.29) is 17.4 Å². The van der Waals surface area contributed by atoms with Crippen molar-refractivity contribution in [2.75, 3.05) is 0 Å². The molecule has 30 heavy (non-hydrogen) atoms. The largest absolute Gasteiger partial charge is 0.348 e. The highest BCUT2D eigenvalue weighted by Crippen LogP contribution is 2.35. The second-order valence-corrected chi connectivity index (χ2v) is 10.6.